The highest BCUT2D eigenvalue weighted by molar-refractivity contribution is 7.81. The summed E-state index contributed by atoms with van der Waals surface area (Å²) >= 11 is 0. The summed E-state index contributed by atoms with van der Waals surface area (Å²) in [6.07, 6.45) is 1.77. The van der Waals surface area contributed by atoms with Crippen molar-refractivity contribution in [3.05, 3.63) is 0 Å². The topological polar surface area (TPSA) is 168 Å². The van der Waals surface area contributed by atoms with Gasteiger partial charge >= 0.3 is 20.8 Å². The standard InChI is InChI=1S/C30H54O10S2/c1-17(25(31)26(32)18(2)27(3,4)5)20-11-12-21-22-10-9-19-15-23(39-41(33,34)35)24(40-42(36,37)38)16-30(19,8)29(22,7)14-13-28(20,21)6/h17-26,31-32H,9-16H2,1-8H3,(H,33,34,35)(H,36,37,38)/t17-,18?,19-,20?,21-,22-,23-,24+,25?,26?,28+,29-,30-/m0/s1. The van der Waals surface area contributed by atoms with E-state index in [-0.39, 0.29) is 52.8 Å². The van der Waals surface area contributed by atoms with Crippen molar-refractivity contribution in [2.24, 2.45) is 57.2 Å². The molecular formula is C30H54O10S2. The second-order valence-electron chi connectivity index (χ2n) is 16.1. The SMILES string of the molecule is CC(C(O)C(O)[C@@H](C)C1CC[C@H]2[C@@H]3CC[C@H]4C[C@H](OS(=O)(=O)O)[C@H](OS(=O)(=O)O)C[C@]4(C)[C@@]3(C)CC[C@]12C)C(C)(C)C. The van der Waals surface area contributed by atoms with Crippen molar-refractivity contribution >= 4 is 20.8 Å². The first-order chi connectivity index (χ1) is 18.9. The molecule has 4 aliphatic rings. The maximum Gasteiger partial charge on any atom is 0.397 e. The Balaban J connectivity index is 1.60. The van der Waals surface area contributed by atoms with Crippen molar-refractivity contribution < 1.29 is 44.5 Å². The summed E-state index contributed by atoms with van der Waals surface area (Å²) in [5.41, 5.74) is -0.784. The van der Waals surface area contributed by atoms with Crippen molar-refractivity contribution in [3.8, 4) is 0 Å². The van der Waals surface area contributed by atoms with Gasteiger partial charge in [0.05, 0.1) is 12.2 Å². The molecule has 0 aromatic carbocycles. The molecule has 4 saturated carbocycles. The Kier molecular flexibility index (Phi) is 9.19. The molecule has 0 radical (unpaired) electrons. The molecule has 4 unspecified atom stereocenters. The fourth-order valence-corrected chi connectivity index (χ4v) is 11.4. The molecule has 0 heterocycles. The Bertz CT molecular complexity index is 1210. The van der Waals surface area contributed by atoms with Crippen LogP contribution in [0, 0.1) is 57.2 Å². The van der Waals surface area contributed by atoms with Gasteiger partial charge in [-0.1, -0.05) is 55.4 Å². The van der Waals surface area contributed by atoms with Crippen LogP contribution in [0.25, 0.3) is 0 Å². The molecule has 42 heavy (non-hydrogen) atoms. The third-order valence-corrected chi connectivity index (χ3v) is 14.4. The molecule has 4 fully saturated rings. The molecule has 4 N–H and O–H groups in total. The lowest BCUT2D eigenvalue weighted by molar-refractivity contribution is -0.203. The van der Waals surface area contributed by atoms with E-state index in [1.807, 2.05) is 6.92 Å². The number of aliphatic hydroxyl groups is 2. The van der Waals surface area contributed by atoms with Gasteiger partial charge in [-0.05, 0) is 109 Å². The van der Waals surface area contributed by atoms with E-state index in [1.54, 1.807) is 0 Å². The van der Waals surface area contributed by atoms with E-state index in [0.717, 1.165) is 38.5 Å². The molecule has 0 spiro atoms. The van der Waals surface area contributed by atoms with Crippen molar-refractivity contribution in [2.75, 3.05) is 0 Å². The smallest absolute Gasteiger partial charge is 0.390 e. The monoisotopic (exact) mass is 638 g/mol. The van der Waals surface area contributed by atoms with Crippen molar-refractivity contribution in [1.29, 1.82) is 0 Å². The van der Waals surface area contributed by atoms with Crippen LogP contribution in [0.5, 0.6) is 0 Å². The predicted molar refractivity (Wildman–Crippen MR) is 158 cm³/mol. The van der Waals surface area contributed by atoms with E-state index in [4.69, 9.17) is 8.37 Å². The Morgan fingerprint density at radius 3 is 1.86 bits per heavy atom. The minimum Gasteiger partial charge on any atom is -0.390 e. The highest BCUT2D eigenvalue weighted by Crippen LogP contribution is 2.73. The van der Waals surface area contributed by atoms with E-state index in [9.17, 15) is 36.2 Å². The van der Waals surface area contributed by atoms with Gasteiger partial charge in [0.1, 0.15) is 12.2 Å². The second kappa shape index (κ2) is 11.2. The van der Waals surface area contributed by atoms with Crippen LogP contribution in [-0.4, -0.2) is 60.6 Å². The molecule has 246 valence electrons. The van der Waals surface area contributed by atoms with Gasteiger partial charge in [-0.25, -0.2) is 8.37 Å². The van der Waals surface area contributed by atoms with Gasteiger partial charge in [0, 0.05) is 0 Å². The number of hydrogen-bond donors (Lipinski definition) is 4. The average molecular weight is 639 g/mol. The van der Waals surface area contributed by atoms with Gasteiger partial charge in [0.2, 0.25) is 0 Å². The molecule has 12 heteroatoms. The highest BCUT2D eigenvalue weighted by atomic mass is 32.3. The lowest BCUT2D eigenvalue weighted by Crippen LogP contribution is -2.62. The Morgan fingerprint density at radius 1 is 0.762 bits per heavy atom. The number of aliphatic hydroxyl groups excluding tert-OH is 2. The molecular weight excluding hydrogens is 584 g/mol. The van der Waals surface area contributed by atoms with Crippen LogP contribution in [0.4, 0.5) is 0 Å². The zero-order valence-corrected chi connectivity index (χ0v) is 28.1. The van der Waals surface area contributed by atoms with Crippen LogP contribution in [0.15, 0.2) is 0 Å². The first kappa shape index (κ1) is 34.5. The maximum atomic E-state index is 11.8. The average Bonchev–Trinajstić information content (AvgIpc) is 3.18. The molecule has 0 aromatic heterocycles. The lowest BCUT2D eigenvalue weighted by Gasteiger charge is -2.67. The van der Waals surface area contributed by atoms with E-state index in [1.165, 1.54) is 0 Å². The van der Waals surface area contributed by atoms with Crippen LogP contribution < -0.4 is 0 Å². The quantitative estimate of drug-likeness (QED) is 0.264. The Hall–Kier alpha value is -0.340. The van der Waals surface area contributed by atoms with E-state index >= 15 is 0 Å². The summed E-state index contributed by atoms with van der Waals surface area (Å²) in [6, 6.07) is 0. The van der Waals surface area contributed by atoms with Gasteiger partial charge in [0.25, 0.3) is 0 Å². The highest BCUT2D eigenvalue weighted by Gasteiger charge is 2.67. The number of hydrogen-bond acceptors (Lipinski definition) is 8. The fourth-order valence-electron chi connectivity index (χ4n) is 10.4. The third-order valence-electron chi connectivity index (χ3n) is 13.5. The Labute approximate surface area is 253 Å². The number of rotatable bonds is 8. The summed E-state index contributed by atoms with van der Waals surface area (Å²) in [4.78, 5) is 0. The van der Waals surface area contributed by atoms with Crippen molar-refractivity contribution in [3.63, 3.8) is 0 Å². The second-order valence-corrected chi connectivity index (χ2v) is 18.2. The van der Waals surface area contributed by atoms with Gasteiger partial charge in [-0.3, -0.25) is 9.11 Å². The van der Waals surface area contributed by atoms with E-state index in [2.05, 4.69) is 48.5 Å². The molecule has 10 nitrogen and oxygen atoms in total. The van der Waals surface area contributed by atoms with Crippen LogP contribution in [-0.2, 0) is 29.2 Å². The van der Waals surface area contributed by atoms with E-state index < -0.39 is 50.6 Å². The lowest BCUT2D eigenvalue weighted by atomic mass is 9.38. The number of fused-ring (bicyclic) bond motifs is 5. The van der Waals surface area contributed by atoms with Gasteiger partial charge in [-0.2, -0.15) is 16.8 Å². The molecule has 0 aliphatic heterocycles. The fraction of sp³-hybridized carbons (Fsp3) is 1.00. The molecule has 0 aromatic rings. The first-order valence-electron chi connectivity index (χ1n) is 15.6. The van der Waals surface area contributed by atoms with Gasteiger partial charge in [-0.15, -0.1) is 0 Å². The van der Waals surface area contributed by atoms with Crippen LogP contribution in [0.3, 0.4) is 0 Å². The minimum absolute atomic E-state index is 0.0167. The largest absolute Gasteiger partial charge is 0.397 e. The third kappa shape index (κ3) is 6.09. The Morgan fingerprint density at radius 2 is 1.31 bits per heavy atom. The van der Waals surface area contributed by atoms with Crippen LogP contribution >= 0.6 is 0 Å². The van der Waals surface area contributed by atoms with Crippen molar-refractivity contribution in [1.82, 2.24) is 0 Å². The van der Waals surface area contributed by atoms with Gasteiger partial charge in [0.15, 0.2) is 0 Å². The first-order valence-corrected chi connectivity index (χ1v) is 18.3. The van der Waals surface area contributed by atoms with Crippen molar-refractivity contribution in [2.45, 2.75) is 131 Å². The summed E-state index contributed by atoms with van der Waals surface area (Å²) in [6.45, 7) is 17.1. The molecule has 4 rings (SSSR count). The molecule has 4 aliphatic carbocycles. The molecule has 0 saturated heterocycles. The molecule has 13 atom stereocenters. The maximum absolute atomic E-state index is 11.8. The minimum atomic E-state index is -4.90. The molecule has 0 amide bonds. The summed E-state index contributed by atoms with van der Waals surface area (Å²) < 4.78 is 75.5. The van der Waals surface area contributed by atoms with Crippen LogP contribution in [0.1, 0.15) is 107 Å². The van der Waals surface area contributed by atoms with Crippen LogP contribution in [0.2, 0.25) is 0 Å². The zero-order chi connectivity index (χ0) is 31.8. The normalized spacial score (nSPS) is 43.9. The zero-order valence-electron chi connectivity index (χ0n) is 26.5. The summed E-state index contributed by atoms with van der Waals surface area (Å²) in [5.74, 6) is 0.848. The summed E-state index contributed by atoms with van der Waals surface area (Å²) in [7, 11) is -9.76. The molecule has 0 bridgehead atoms. The summed E-state index contributed by atoms with van der Waals surface area (Å²) in [5, 5.41) is 22.5. The predicted octanol–water partition coefficient (Wildman–Crippen LogP) is 5.06. The van der Waals surface area contributed by atoms with Gasteiger partial charge < -0.3 is 10.2 Å². The van der Waals surface area contributed by atoms with E-state index in [0.29, 0.717) is 11.8 Å².